The predicted molar refractivity (Wildman–Crippen MR) is 74.1 cm³/mol. The van der Waals surface area contributed by atoms with E-state index in [4.69, 9.17) is 0 Å². The molecule has 0 radical (unpaired) electrons. The normalized spacial score (nSPS) is 10.8. The number of rotatable bonds is 4. The molecule has 3 aromatic rings. The highest BCUT2D eigenvalue weighted by Crippen LogP contribution is 2.13. The zero-order valence-electron chi connectivity index (χ0n) is 11.0. The van der Waals surface area contributed by atoms with Crippen LogP contribution in [0.25, 0.3) is 11.0 Å². The third-order valence-electron chi connectivity index (χ3n) is 2.90. The van der Waals surface area contributed by atoms with Gasteiger partial charge in [-0.25, -0.2) is 9.67 Å². The molecule has 0 aliphatic heterocycles. The van der Waals surface area contributed by atoms with E-state index in [0.717, 1.165) is 23.1 Å². The zero-order valence-corrected chi connectivity index (χ0v) is 11.0. The minimum absolute atomic E-state index is 0.115. The van der Waals surface area contributed by atoms with Gasteiger partial charge in [-0.15, -0.1) is 5.10 Å². The molecule has 3 rings (SSSR count). The Kier molecular flexibility index (Phi) is 3.16. The molecule has 0 unspecified atom stereocenters. The van der Waals surface area contributed by atoms with E-state index in [0.29, 0.717) is 5.95 Å². The Hall–Kier alpha value is -2.70. The number of carbonyl (C=O) groups is 1. The molecule has 102 valence electrons. The van der Waals surface area contributed by atoms with Crippen LogP contribution in [0.15, 0.2) is 30.5 Å². The summed E-state index contributed by atoms with van der Waals surface area (Å²) in [5.74, 6) is 0.239. The van der Waals surface area contributed by atoms with Gasteiger partial charge in [-0.3, -0.25) is 10.1 Å². The smallest absolute Gasteiger partial charge is 0.248 e. The van der Waals surface area contributed by atoms with Crippen LogP contribution in [0.2, 0.25) is 0 Å². The molecule has 20 heavy (non-hydrogen) atoms. The largest absolute Gasteiger partial charge is 0.324 e. The first kappa shape index (κ1) is 12.3. The molecule has 2 aromatic heterocycles. The fourth-order valence-electron chi connectivity index (χ4n) is 1.91. The molecule has 0 fully saturated rings. The van der Waals surface area contributed by atoms with Gasteiger partial charge in [-0.05, 0) is 18.6 Å². The van der Waals surface area contributed by atoms with E-state index >= 15 is 0 Å². The first-order chi connectivity index (χ1) is 9.74. The maximum Gasteiger partial charge on any atom is 0.248 e. The molecule has 1 amide bonds. The first-order valence-corrected chi connectivity index (χ1v) is 6.38. The minimum atomic E-state index is -0.198. The third-order valence-corrected chi connectivity index (χ3v) is 2.90. The maximum atomic E-state index is 11.9. The molecule has 7 nitrogen and oxygen atoms in total. The van der Waals surface area contributed by atoms with Crippen LogP contribution in [0.5, 0.6) is 0 Å². The number of carbonyl (C=O) groups excluding carboxylic acids is 1. The van der Waals surface area contributed by atoms with Gasteiger partial charge >= 0.3 is 0 Å². The summed E-state index contributed by atoms with van der Waals surface area (Å²) >= 11 is 0. The lowest BCUT2D eigenvalue weighted by Gasteiger charge is -2.00. The van der Waals surface area contributed by atoms with Gasteiger partial charge in [0, 0.05) is 6.20 Å². The Morgan fingerprint density at radius 2 is 2.25 bits per heavy atom. The molecule has 0 saturated carbocycles. The Balaban J connectivity index is 1.69. The fourth-order valence-corrected chi connectivity index (χ4v) is 1.91. The van der Waals surface area contributed by atoms with Crippen molar-refractivity contribution in [2.45, 2.75) is 19.9 Å². The number of nitrogens with zero attached hydrogens (tertiary/aromatic N) is 4. The SMILES string of the molecule is CCc1cn(CC(=O)Nc2nc3ccccc3[nH]2)nn1. The molecule has 0 aliphatic rings. The van der Waals surface area contributed by atoms with Gasteiger partial charge < -0.3 is 4.98 Å². The lowest BCUT2D eigenvalue weighted by molar-refractivity contribution is -0.117. The van der Waals surface area contributed by atoms with Crippen LogP contribution >= 0.6 is 0 Å². The quantitative estimate of drug-likeness (QED) is 0.749. The predicted octanol–water partition coefficient (Wildman–Crippen LogP) is 1.36. The number of aromatic nitrogens is 5. The van der Waals surface area contributed by atoms with Gasteiger partial charge in [-0.2, -0.15) is 0 Å². The highest BCUT2D eigenvalue weighted by molar-refractivity contribution is 5.90. The number of hydrogen-bond acceptors (Lipinski definition) is 4. The number of imidazole rings is 1. The molecule has 0 bridgehead atoms. The van der Waals surface area contributed by atoms with Crippen LogP contribution in [-0.4, -0.2) is 30.9 Å². The maximum absolute atomic E-state index is 11.9. The van der Waals surface area contributed by atoms with Gasteiger partial charge in [0.25, 0.3) is 0 Å². The lowest BCUT2D eigenvalue weighted by Crippen LogP contribution is -2.19. The number of aromatic amines is 1. The molecular weight excluding hydrogens is 256 g/mol. The summed E-state index contributed by atoms with van der Waals surface area (Å²) in [6, 6.07) is 7.60. The number of nitrogens with one attached hydrogen (secondary N) is 2. The van der Waals surface area contributed by atoms with Gasteiger partial charge in [0.15, 0.2) is 0 Å². The Morgan fingerprint density at radius 1 is 1.40 bits per heavy atom. The van der Waals surface area contributed by atoms with E-state index in [1.807, 2.05) is 31.2 Å². The average Bonchev–Trinajstić information content (AvgIpc) is 3.04. The summed E-state index contributed by atoms with van der Waals surface area (Å²) in [6.07, 6.45) is 2.56. The molecule has 0 saturated heterocycles. The second-order valence-electron chi connectivity index (χ2n) is 4.41. The van der Waals surface area contributed by atoms with Crippen LogP contribution in [0.1, 0.15) is 12.6 Å². The summed E-state index contributed by atoms with van der Waals surface area (Å²) in [5, 5.41) is 10.5. The number of amides is 1. The lowest BCUT2D eigenvalue weighted by atomic mass is 10.3. The monoisotopic (exact) mass is 270 g/mol. The third kappa shape index (κ3) is 2.51. The Bertz CT molecular complexity index is 711. The van der Waals surface area contributed by atoms with Crippen molar-refractivity contribution in [1.82, 2.24) is 25.0 Å². The van der Waals surface area contributed by atoms with Crippen LogP contribution < -0.4 is 5.32 Å². The van der Waals surface area contributed by atoms with Crippen molar-refractivity contribution < 1.29 is 4.79 Å². The standard InChI is InChI=1S/C13H14N6O/c1-2-9-7-19(18-17-9)8-12(20)16-13-14-10-5-3-4-6-11(10)15-13/h3-7H,2,8H2,1H3,(H2,14,15,16,20). The molecule has 0 spiro atoms. The Labute approximate surface area is 115 Å². The van der Waals surface area contributed by atoms with E-state index in [2.05, 4.69) is 25.6 Å². The summed E-state index contributed by atoms with van der Waals surface area (Å²) < 4.78 is 1.51. The van der Waals surface area contributed by atoms with E-state index in [1.165, 1.54) is 4.68 Å². The molecule has 7 heteroatoms. The van der Waals surface area contributed by atoms with E-state index < -0.39 is 0 Å². The van der Waals surface area contributed by atoms with Crippen molar-refractivity contribution in [2.24, 2.45) is 0 Å². The average molecular weight is 270 g/mol. The van der Waals surface area contributed by atoms with Gasteiger partial charge in [-0.1, -0.05) is 24.3 Å². The molecule has 0 aliphatic carbocycles. The summed E-state index contributed by atoms with van der Waals surface area (Å²) in [7, 11) is 0. The number of aryl methyl sites for hydroxylation is 1. The molecule has 2 heterocycles. The van der Waals surface area contributed by atoms with E-state index in [9.17, 15) is 4.79 Å². The zero-order chi connectivity index (χ0) is 13.9. The molecule has 2 N–H and O–H groups in total. The number of fused-ring (bicyclic) bond motifs is 1. The van der Waals surface area contributed by atoms with Crippen LogP contribution in [0.3, 0.4) is 0 Å². The van der Waals surface area contributed by atoms with Crippen molar-refractivity contribution in [3.63, 3.8) is 0 Å². The highest BCUT2D eigenvalue weighted by atomic mass is 16.2. The summed E-state index contributed by atoms with van der Waals surface area (Å²) in [5.41, 5.74) is 2.56. The van der Waals surface area contributed by atoms with Crippen molar-refractivity contribution >= 4 is 22.9 Å². The summed E-state index contributed by atoms with van der Waals surface area (Å²) in [4.78, 5) is 19.2. The molecule has 1 aromatic carbocycles. The van der Waals surface area contributed by atoms with E-state index in [1.54, 1.807) is 6.20 Å². The topological polar surface area (TPSA) is 88.5 Å². The number of H-pyrrole nitrogens is 1. The second-order valence-corrected chi connectivity index (χ2v) is 4.41. The van der Waals surface area contributed by atoms with Crippen LogP contribution in [0, 0.1) is 0 Å². The minimum Gasteiger partial charge on any atom is -0.324 e. The van der Waals surface area contributed by atoms with E-state index in [-0.39, 0.29) is 12.5 Å². The van der Waals surface area contributed by atoms with Crippen LogP contribution in [-0.2, 0) is 17.8 Å². The van der Waals surface area contributed by atoms with Gasteiger partial charge in [0.05, 0.1) is 16.7 Å². The van der Waals surface area contributed by atoms with Crippen molar-refractivity contribution in [1.29, 1.82) is 0 Å². The number of para-hydroxylation sites is 2. The van der Waals surface area contributed by atoms with Crippen molar-refractivity contribution in [3.05, 3.63) is 36.2 Å². The number of hydrogen-bond donors (Lipinski definition) is 2. The highest BCUT2D eigenvalue weighted by Gasteiger charge is 2.08. The first-order valence-electron chi connectivity index (χ1n) is 6.38. The van der Waals surface area contributed by atoms with Gasteiger partial charge in [0.2, 0.25) is 11.9 Å². The molecular formula is C13H14N6O. The number of anilines is 1. The Morgan fingerprint density at radius 3 is 3.00 bits per heavy atom. The fraction of sp³-hybridized carbons (Fsp3) is 0.231. The van der Waals surface area contributed by atoms with Gasteiger partial charge in [0.1, 0.15) is 6.54 Å². The van der Waals surface area contributed by atoms with Crippen molar-refractivity contribution in [3.8, 4) is 0 Å². The molecule has 0 atom stereocenters. The van der Waals surface area contributed by atoms with Crippen LogP contribution in [0.4, 0.5) is 5.95 Å². The van der Waals surface area contributed by atoms with Crippen molar-refractivity contribution in [2.75, 3.05) is 5.32 Å². The summed E-state index contributed by atoms with van der Waals surface area (Å²) in [6.45, 7) is 2.10. The second kappa shape index (κ2) is 5.12. The number of benzene rings is 1.